The third kappa shape index (κ3) is 4.39. The topological polar surface area (TPSA) is 67.3 Å². The third-order valence-electron chi connectivity index (χ3n) is 3.54. The lowest BCUT2D eigenvalue weighted by molar-refractivity contribution is 0.00857. The van der Waals surface area contributed by atoms with Crippen molar-refractivity contribution in [3.8, 4) is 0 Å². The fraction of sp³-hybridized carbons (Fsp3) is 0.800. The highest BCUT2D eigenvalue weighted by Crippen LogP contribution is 2.24. The highest BCUT2D eigenvalue weighted by atomic mass is 32.1. The Bertz CT molecular complexity index is 510. The zero-order valence-electron chi connectivity index (χ0n) is 14.0. The summed E-state index contributed by atoms with van der Waals surface area (Å²) in [7, 11) is 0. The molecule has 1 N–H and O–H groups in total. The van der Waals surface area contributed by atoms with Gasteiger partial charge in [-0.25, -0.2) is 9.78 Å². The number of anilines is 1. The van der Waals surface area contributed by atoms with Gasteiger partial charge in [0.05, 0.1) is 19.3 Å². The van der Waals surface area contributed by atoms with Crippen LogP contribution in [0.3, 0.4) is 0 Å². The van der Waals surface area contributed by atoms with Gasteiger partial charge in [0.1, 0.15) is 5.82 Å². The Morgan fingerprint density at radius 1 is 1.50 bits per heavy atom. The standard InChI is InChI=1S/C15H26N4O2S/c1-10(2)8-11-9-21-7-6-19(11)14(20)17-13-16-12(18-22-13)15(3,4)5/h10-11H,6-9H2,1-5H3,(H,16,17,18,20). The molecule has 0 spiro atoms. The first kappa shape index (κ1) is 17.1. The van der Waals surface area contributed by atoms with E-state index in [0.717, 1.165) is 12.2 Å². The second-order valence-corrected chi connectivity index (χ2v) is 7.91. The van der Waals surface area contributed by atoms with Crippen molar-refractivity contribution in [2.45, 2.75) is 52.5 Å². The maximum Gasteiger partial charge on any atom is 0.324 e. The summed E-state index contributed by atoms with van der Waals surface area (Å²) in [5.74, 6) is 1.28. The molecule has 124 valence electrons. The van der Waals surface area contributed by atoms with Gasteiger partial charge in [-0.2, -0.15) is 4.37 Å². The van der Waals surface area contributed by atoms with Crippen LogP contribution in [0, 0.1) is 5.92 Å². The van der Waals surface area contributed by atoms with Gasteiger partial charge in [0, 0.05) is 23.5 Å². The molecule has 1 saturated heterocycles. The van der Waals surface area contributed by atoms with Crippen molar-refractivity contribution in [1.82, 2.24) is 14.3 Å². The molecule has 0 radical (unpaired) electrons. The van der Waals surface area contributed by atoms with E-state index in [1.54, 1.807) is 0 Å². The van der Waals surface area contributed by atoms with E-state index in [-0.39, 0.29) is 17.5 Å². The van der Waals surface area contributed by atoms with Crippen molar-refractivity contribution in [3.05, 3.63) is 5.82 Å². The van der Waals surface area contributed by atoms with Gasteiger partial charge in [0.2, 0.25) is 5.13 Å². The summed E-state index contributed by atoms with van der Waals surface area (Å²) in [6.45, 7) is 12.3. The van der Waals surface area contributed by atoms with Gasteiger partial charge in [-0.3, -0.25) is 5.32 Å². The van der Waals surface area contributed by atoms with Crippen LogP contribution in [0.2, 0.25) is 0 Å². The van der Waals surface area contributed by atoms with Gasteiger partial charge in [0.15, 0.2) is 0 Å². The van der Waals surface area contributed by atoms with Gasteiger partial charge in [-0.1, -0.05) is 34.6 Å². The molecule has 22 heavy (non-hydrogen) atoms. The molecule has 1 fully saturated rings. The molecule has 0 bridgehead atoms. The number of morpholine rings is 1. The van der Waals surface area contributed by atoms with E-state index in [1.807, 2.05) is 4.90 Å². The van der Waals surface area contributed by atoms with E-state index in [9.17, 15) is 4.79 Å². The maximum absolute atomic E-state index is 12.5. The molecule has 1 aromatic heterocycles. The Balaban J connectivity index is 2.02. The van der Waals surface area contributed by atoms with Crippen LogP contribution in [0.1, 0.15) is 46.9 Å². The molecule has 0 aliphatic carbocycles. The van der Waals surface area contributed by atoms with Crippen LogP contribution in [-0.4, -0.2) is 46.1 Å². The molecule has 1 unspecified atom stereocenters. The van der Waals surface area contributed by atoms with Crippen molar-refractivity contribution in [3.63, 3.8) is 0 Å². The van der Waals surface area contributed by atoms with Crippen LogP contribution < -0.4 is 5.32 Å². The van der Waals surface area contributed by atoms with E-state index < -0.39 is 0 Å². The average molecular weight is 326 g/mol. The third-order valence-corrected chi connectivity index (χ3v) is 4.17. The smallest absolute Gasteiger partial charge is 0.324 e. The highest BCUT2D eigenvalue weighted by Gasteiger charge is 2.29. The predicted molar refractivity (Wildman–Crippen MR) is 88.4 cm³/mol. The van der Waals surface area contributed by atoms with Crippen LogP contribution in [0.4, 0.5) is 9.93 Å². The molecular weight excluding hydrogens is 300 g/mol. The monoisotopic (exact) mass is 326 g/mol. The van der Waals surface area contributed by atoms with E-state index in [2.05, 4.69) is 49.3 Å². The average Bonchev–Trinajstić information content (AvgIpc) is 2.87. The number of hydrogen-bond donors (Lipinski definition) is 1. The first-order chi connectivity index (χ1) is 10.3. The Hall–Kier alpha value is -1.21. The zero-order valence-corrected chi connectivity index (χ0v) is 14.9. The van der Waals surface area contributed by atoms with Gasteiger partial charge in [-0.05, 0) is 12.3 Å². The number of hydrogen-bond acceptors (Lipinski definition) is 5. The summed E-state index contributed by atoms with van der Waals surface area (Å²) in [5, 5.41) is 3.44. The van der Waals surface area contributed by atoms with Gasteiger partial charge in [0.25, 0.3) is 0 Å². The van der Waals surface area contributed by atoms with Crippen LogP contribution in [0.25, 0.3) is 0 Å². The second-order valence-electron chi connectivity index (χ2n) is 7.15. The van der Waals surface area contributed by atoms with E-state index in [0.29, 0.717) is 30.8 Å². The first-order valence-electron chi connectivity index (χ1n) is 7.77. The van der Waals surface area contributed by atoms with E-state index in [1.165, 1.54) is 11.5 Å². The fourth-order valence-electron chi connectivity index (χ4n) is 2.40. The predicted octanol–water partition coefficient (Wildman–Crippen LogP) is 3.11. The van der Waals surface area contributed by atoms with Gasteiger partial charge >= 0.3 is 6.03 Å². The maximum atomic E-state index is 12.5. The molecule has 7 heteroatoms. The molecule has 1 aliphatic rings. The largest absolute Gasteiger partial charge is 0.377 e. The molecular formula is C15H26N4O2S. The second kappa shape index (κ2) is 6.91. The van der Waals surface area contributed by atoms with Gasteiger partial charge < -0.3 is 9.64 Å². The van der Waals surface area contributed by atoms with Crippen LogP contribution in [-0.2, 0) is 10.2 Å². The summed E-state index contributed by atoms with van der Waals surface area (Å²) < 4.78 is 9.84. The van der Waals surface area contributed by atoms with Crippen molar-refractivity contribution in [2.75, 3.05) is 25.1 Å². The molecule has 2 rings (SSSR count). The van der Waals surface area contributed by atoms with E-state index in [4.69, 9.17) is 4.74 Å². The minimum absolute atomic E-state index is 0.106. The SMILES string of the molecule is CC(C)CC1COCCN1C(=O)Nc1nc(C(C)(C)C)ns1. The number of urea groups is 1. The first-order valence-corrected chi connectivity index (χ1v) is 8.54. The van der Waals surface area contributed by atoms with Crippen LogP contribution in [0.15, 0.2) is 0 Å². The highest BCUT2D eigenvalue weighted by molar-refractivity contribution is 7.09. The van der Waals surface area contributed by atoms with Crippen molar-refractivity contribution in [2.24, 2.45) is 5.92 Å². The van der Waals surface area contributed by atoms with E-state index >= 15 is 0 Å². The summed E-state index contributed by atoms with van der Waals surface area (Å²) >= 11 is 1.23. The summed E-state index contributed by atoms with van der Waals surface area (Å²) in [6.07, 6.45) is 0.941. The molecule has 1 aliphatic heterocycles. The molecule has 1 aromatic rings. The number of aromatic nitrogens is 2. The van der Waals surface area contributed by atoms with Crippen molar-refractivity contribution in [1.29, 1.82) is 0 Å². The normalized spacial score (nSPS) is 19.5. The summed E-state index contributed by atoms with van der Waals surface area (Å²) in [4.78, 5) is 18.8. The lowest BCUT2D eigenvalue weighted by Gasteiger charge is -2.36. The Kier molecular flexibility index (Phi) is 5.39. The zero-order chi connectivity index (χ0) is 16.3. The number of amides is 2. The molecule has 2 heterocycles. The molecule has 1 atom stereocenters. The Morgan fingerprint density at radius 2 is 2.23 bits per heavy atom. The minimum atomic E-state index is -0.112. The van der Waals surface area contributed by atoms with Crippen molar-refractivity contribution >= 4 is 22.7 Å². The van der Waals surface area contributed by atoms with Gasteiger partial charge in [-0.15, -0.1) is 0 Å². The number of ether oxygens (including phenoxy) is 1. The molecule has 0 aromatic carbocycles. The number of nitrogens with one attached hydrogen (secondary N) is 1. The number of carbonyl (C=O) groups is 1. The quantitative estimate of drug-likeness (QED) is 0.927. The Morgan fingerprint density at radius 3 is 2.82 bits per heavy atom. The number of rotatable bonds is 3. The molecule has 0 saturated carbocycles. The molecule has 6 nitrogen and oxygen atoms in total. The summed E-state index contributed by atoms with van der Waals surface area (Å²) in [5.41, 5.74) is -0.112. The van der Waals surface area contributed by atoms with Crippen LogP contribution in [0.5, 0.6) is 0 Å². The lowest BCUT2D eigenvalue weighted by Crippen LogP contribution is -2.50. The summed E-state index contributed by atoms with van der Waals surface area (Å²) in [6, 6.07) is 0.0225. The van der Waals surface area contributed by atoms with Crippen LogP contribution >= 0.6 is 11.5 Å². The Labute approximate surface area is 136 Å². The minimum Gasteiger partial charge on any atom is -0.377 e. The van der Waals surface area contributed by atoms with Crippen molar-refractivity contribution < 1.29 is 9.53 Å². The number of nitrogens with zero attached hydrogens (tertiary/aromatic N) is 3. The lowest BCUT2D eigenvalue weighted by atomic mass is 9.96. The fourth-order valence-corrected chi connectivity index (χ4v) is 3.15. The molecule has 2 amide bonds. The number of carbonyl (C=O) groups excluding carboxylic acids is 1.